The number of nitrogens with two attached hydrogens (primary N) is 1. The van der Waals surface area contributed by atoms with Crippen molar-refractivity contribution in [2.75, 3.05) is 26.9 Å². The van der Waals surface area contributed by atoms with Gasteiger partial charge >= 0.3 is 17.9 Å². The largest absolute Gasteiger partial charge is 0.466 e. The van der Waals surface area contributed by atoms with Gasteiger partial charge in [-0.1, -0.05) is 6.08 Å². The first-order valence-corrected chi connectivity index (χ1v) is 9.94. The third kappa shape index (κ3) is 4.65. The van der Waals surface area contributed by atoms with Crippen LogP contribution in [0.3, 0.4) is 0 Å². The Hall–Kier alpha value is -1.90. The molecule has 0 spiro atoms. The lowest BCUT2D eigenvalue weighted by molar-refractivity contribution is -0.181. The molecule has 0 aromatic heterocycles. The SMILES string of the molecule is [B]C12C(COC(=O)C(C)NC)=CCC1C(C(=O)OC)=COC2OC(=O)C(N)CP. The van der Waals surface area contributed by atoms with Gasteiger partial charge in [-0.3, -0.25) is 9.59 Å². The number of nitrogens with one attached hydrogen (secondary N) is 1. The molecular weight excluding hydrogens is 398 g/mol. The standard InChI is InChI=1S/C18H26BN2O7P/c1-9(21-2)14(22)26-6-10-4-5-12-11(15(23)25-3)7-27-17(18(10,12)19)28-16(24)13(20)8-29/h4,7,9,12-13,17,21H,5-6,8,20,29H2,1-3H3. The average molecular weight is 424 g/mol. The number of hydrogen-bond acceptors (Lipinski definition) is 9. The van der Waals surface area contributed by atoms with E-state index >= 15 is 0 Å². The second-order valence-electron chi connectivity index (χ2n) is 6.88. The Kier molecular flexibility index (Phi) is 7.85. The Labute approximate surface area is 173 Å². The summed E-state index contributed by atoms with van der Waals surface area (Å²) < 4.78 is 21.1. The molecule has 2 radical (unpaired) electrons. The first kappa shape index (κ1) is 23.4. The van der Waals surface area contributed by atoms with Crippen LogP contribution < -0.4 is 11.1 Å². The highest BCUT2D eigenvalue weighted by Gasteiger charge is 2.55. The molecule has 158 valence electrons. The van der Waals surface area contributed by atoms with E-state index < -0.39 is 47.5 Å². The minimum absolute atomic E-state index is 0.139. The van der Waals surface area contributed by atoms with Gasteiger partial charge in [0.1, 0.15) is 18.7 Å². The maximum Gasteiger partial charge on any atom is 0.337 e. The number of ether oxygens (including phenoxy) is 4. The predicted molar refractivity (Wildman–Crippen MR) is 108 cm³/mol. The molecule has 6 unspecified atom stereocenters. The van der Waals surface area contributed by atoms with E-state index in [1.165, 1.54) is 13.4 Å². The van der Waals surface area contributed by atoms with E-state index in [9.17, 15) is 14.4 Å². The molecule has 1 heterocycles. The van der Waals surface area contributed by atoms with Gasteiger partial charge in [0.2, 0.25) is 6.29 Å². The predicted octanol–water partition coefficient (Wildman–Crippen LogP) is -0.430. The topological polar surface area (TPSA) is 126 Å². The summed E-state index contributed by atoms with van der Waals surface area (Å²) in [6, 6.07) is -1.39. The number of allylic oxidation sites excluding steroid dienone is 1. The molecule has 11 heteroatoms. The van der Waals surface area contributed by atoms with Crippen LogP contribution in [0.15, 0.2) is 23.5 Å². The highest BCUT2D eigenvalue weighted by atomic mass is 31.0. The quantitative estimate of drug-likeness (QED) is 0.176. The molecule has 0 bridgehead atoms. The molecule has 0 fully saturated rings. The normalized spacial score (nSPS) is 27.5. The average Bonchev–Trinajstić information content (AvgIpc) is 3.07. The van der Waals surface area contributed by atoms with E-state index in [0.29, 0.717) is 12.0 Å². The number of esters is 3. The minimum Gasteiger partial charge on any atom is -0.466 e. The molecule has 2 aliphatic rings. The van der Waals surface area contributed by atoms with Crippen molar-refractivity contribution < 1.29 is 33.3 Å². The van der Waals surface area contributed by atoms with Crippen LogP contribution in [0.25, 0.3) is 0 Å². The third-order valence-corrected chi connectivity index (χ3v) is 5.68. The fourth-order valence-corrected chi connectivity index (χ4v) is 3.38. The molecule has 0 aromatic rings. The lowest BCUT2D eigenvalue weighted by Crippen LogP contribution is -2.47. The molecule has 9 nitrogen and oxygen atoms in total. The van der Waals surface area contributed by atoms with Gasteiger partial charge in [0, 0.05) is 11.2 Å². The van der Waals surface area contributed by atoms with Gasteiger partial charge in [-0.2, -0.15) is 0 Å². The molecule has 1 aliphatic heterocycles. The maximum atomic E-state index is 12.2. The zero-order valence-corrected chi connectivity index (χ0v) is 17.8. The summed E-state index contributed by atoms with van der Waals surface area (Å²) >= 11 is 0. The summed E-state index contributed by atoms with van der Waals surface area (Å²) in [6.45, 7) is 1.52. The van der Waals surface area contributed by atoms with Gasteiger partial charge < -0.3 is 30.0 Å². The fraction of sp³-hybridized carbons (Fsp3) is 0.611. The summed E-state index contributed by atoms with van der Waals surface area (Å²) in [5.74, 6) is -2.36. The molecule has 0 saturated heterocycles. The molecule has 1 aliphatic carbocycles. The minimum atomic E-state index is -1.42. The van der Waals surface area contributed by atoms with Crippen LogP contribution in [0.1, 0.15) is 13.3 Å². The Bertz CT molecular complexity index is 729. The summed E-state index contributed by atoms with van der Waals surface area (Å²) in [7, 11) is 11.9. The van der Waals surface area contributed by atoms with Crippen molar-refractivity contribution in [1.29, 1.82) is 0 Å². The van der Waals surface area contributed by atoms with Crippen LogP contribution >= 0.6 is 9.24 Å². The van der Waals surface area contributed by atoms with Crippen LogP contribution in [0, 0.1) is 5.92 Å². The van der Waals surface area contributed by atoms with E-state index in [-0.39, 0.29) is 18.3 Å². The summed E-state index contributed by atoms with van der Waals surface area (Å²) in [5, 5.41) is 1.36. The fourth-order valence-electron chi connectivity index (χ4n) is 3.18. The molecule has 6 atom stereocenters. The number of likely N-dealkylation sites (N-methyl/N-ethyl adjacent to an activating group) is 1. The van der Waals surface area contributed by atoms with Crippen molar-refractivity contribution in [3.05, 3.63) is 23.5 Å². The van der Waals surface area contributed by atoms with Crippen LogP contribution in [-0.4, -0.2) is 71.1 Å². The van der Waals surface area contributed by atoms with Gasteiger partial charge in [0.15, 0.2) is 0 Å². The zero-order valence-electron chi connectivity index (χ0n) is 16.7. The van der Waals surface area contributed by atoms with E-state index in [1.807, 2.05) is 0 Å². The van der Waals surface area contributed by atoms with Gasteiger partial charge in [-0.15, -0.1) is 9.24 Å². The highest BCUT2D eigenvalue weighted by Crippen LogP contribution is 2.57. The third-order valence-electron chi connectivity index (χ3n) is 5.17. The Morgan fingerprint density at radius 3 is 2.72 bits per heavy atom. The van der Waals surface area contributed by atoms with Crippen molar-refractivity contribution in [3.8, 4) is 0 Å². The van der Waals surface area contributed by atoms with E-state index in [4.69, 9.17) is 32.5 Å². The van der Waals surface area contributed by atoms with E-state index in [0.717, 1.165) is 0 Å². The first-order valence-electron chi connectivity index (χ1n) is 9.12. The van der Waals surface area contributed by atoms with Crippen LogP contribution in [0.4, 0.5) is 0 Å². The van der Waals surface area contributed by atoms with Gasteiger partial charge in [-0.25, -0.2) is 4.79 Å². The number of fused-ring (bicyclic) bond motifs is 1. The molecule has 0 aromatic carbocycles. The summed E-state index contributed by atoms with van der Waals surface area (Å²) in [4.78, 5) is 36.4. The van der Waals surface area contributed by atoms with E-state index in [1.54, 1.807) is 20.0 Å². The van der Waals surface area contributed by atoms with Crippen molar-refractivity contribution in [3.63, 3.8) is 0 Å². The highest BCUT2D eigenvalue weighted by molar-refractivity contribution is 7.16. The second-order valence-corrected chi connectivity index (χ2v) is 7.35. The van der Waals surface area contributed by atoms with Crippen molar-refractivity contribution >= 4 is 35.0 Å². The summed E-state index contributed by atoms with van der Waals surface area (Å²) in [5.41, 5.74) is 6.41. The number of carbonyl (C=O) groups is 3. The van der Waals surface area contributed by atoms with Crippen LogP contribution in [-0.2, 0) is 33.3 Å². The van der Waals surface area contributed by atoms with E-state index in [2.05, 4.69) is 14.6 Å². The molecule has 3 N–H and O–H groups in total. The lowest BCUT2D eigenvalue weighted by atomic mass is 9.56. The molecule has 0 amide bonds. The van der Waals surface area contributed by atoms with Gasteiger partial charge in [0.25, 0.3) is 0 Å². The second kappa shape index (κ2) is 9.74. The number of rotatable bonds is 8. The number of carbonyl (C=O) groups excluding carboxylic acids is 3. The Morgan fingerprint density at radius 2 is 2.14 bits per heavy atom. The lowest BCUT2D eigenvalue weighted by Gasteiger charge is -2.43. The van der Waals surface area contributed by atoms with Gasteiger partial charge in [-0.05, 0) is 32.1 Å². The zero-order chi connectivity index (χ0) is 21.8. The first-order chi connectivity index (χ1) is 13.7. The van der Waals surface area contributed by atoms with Crippen molar-refractivity contribution in [2.45, 2.75) is 37.0 Å². The summed E-state index contributed by atoms with van der Waals surface area (Å²) in [6.07, 6.45) is 2.35. The Morgan fingerprint density at radius 1 is 1.45 bits per heavy atom. The van der Waals surface area contributed by atoms with Crippen molar-refractivity contribution in [2.24, 2.45) is 11.7 Å². The molecule has 2 rings (SSSR count). The monoisotopic (exact) mass is 424 g/mol. The van der Waals surface area contributed by atoms with Crippen molar-refractivity contribution in [1.82, 2.24) is 5.32 Å². The molecular formula is C18H26BN2O7P. The number of methoxy groups -OCH3 is 1. The number of hydrogen-bond donors (Lipinski definition) is 2. The molecule has 29 heavy (non-hydrogen) atoms. The van der Waals surface area contributed by atoms with Crippen LogP contribution in [0.2, 0.25) is 5.31 Å². The van der Waals surface area contributed by atoms with Crippen LogP contribution in [0.5, 0.6) is 0 Å². The van der Waals surface area contributed by atoms with Gasteiger partial charge in [0.05, 0.1) is 26.8 Å². The maximum absolute atomic E-state index is 12.2. The molecule has 0 saturated carbocycles. The Balaban J connectivity index is 2.29. The smallest absolute Gasteiger partial charge is 0.337 e.